The minimum Gasteiger partial charge on any atom is -0.495 e. The van der Waals surface area contributed by atoms with Gasteiger partial charge in [-0.2, -0.15) is 0 Å². The van der Waals surface area contributed by atoms with Gasteiger partial charge in [-0.1, -0.05) is 18.5 Å². The van der Waals surface area contributed by atoms with Crippen LogP contribution in [0.5, 0.6) is 5.75 Å². The molecule has 21 heavy (non-hydrogen) atoms. The Hall–Kier alpha value is -1.42. The van der Waals surface area contributed by atoms with Gasteiger partial charge < -0.3 is 14.4 Å². The van der Waals surface area contributed by atoms with Crippen LogP contribution in [0.2, 0.25) is 5.02 Å². The number of hydrogen-bond donors (Lipinski definition) is 0. The fourth-order valence-corrected chi connectivity index (χ4v) is 3.16. The number of methoxy groups -OCH3 is 2. The molecule has 5 heteroatoms. The average molecular weight is 312 g/mol. The number of hydrogen-bond acceptors (Lipinski definition) is 4. The maximum absolute atomic E-state index is 11.5. The number of ether oxygens (including phenoxy) is 2. The summed E-state index contributed by atoms with van der Waals surface area (Å²) in [7, 11) is 3.06. The van der Waals surface area contributed by atoms with Crippen LogP contribution in [0.4, 0.5) is 5.69 Å². The predicted octanol–water partition coefficient (Wildman–Crippen LogP) is 3.37. The highest BCUT2D eigenvalue weighted by Crippen LogP contribution is 2.33. The second kappa shape index (κ2) is 7.03. The van der Waals surface area contributed by atoms with Gasteiger partial charge in [0.2, 0.25) is 0 Å². The maximum Gasteiger partial charge on any atom is 0.308 e. The van der Waals surface area contributed by atoms with Crippen LogP contribution in [-0.4, -0.2) is 33.3 Å². The number of nitrogens with zero attached hydrogens (tertiary/aromatic N) is 1. The van der Waals surface area contributed by atoms with Gasteiger partial charge in [-0.05, 0) is 37.0 Å². The summed E-state index contributed by atoms with van der Waals surface area (Å²) in [5.74, 6) is 1.04. The van der Waals surface area contributed by atoms with Crippen molar-refractivity contribution in [3.8, 4) is 5.75 Å². The average Bonchev–Trinajstić information content (AvgIpc) is 2.94. The number of carbonyl (C=O) groups is 1. The summed E-state index contributed by atoms with van der Waals surface area (Å²) in [5.41, 5.74) is 1.11. The molecule has 2 atom stereocenters. The van der Waals surface area contributed by atoms with Crippen molar-refractivity contribution in [1.82, 2.24) is 0 Å². The number of esters is 1. The number of anilines is 1. The molecule has 0 N–H and O–H groups in total. The Kier molecular flexibility index (Phi) is 5.34. The first-order valence-electron chi connectivity index (χ1n) is 7.21. The summed E-state index contributed by atoms with van der Waals surface area (Å²) in [6.45, 7) is 3.87. The van der Waals surface area contributed by atoms with E-state index in [2.05, 4.69) is 4.90 Å². The first-order valence-corrected chi connectivity index (χ1v) is 7.59. The quantitative estimate of drug-likeness (QED) is 0.782. The van der Waals surface area contributed by atoms with Gasteiger partial charge in [0.15, 0.2) is 0 Å². The highest BCUT2D eigenvalue weighted by Gasteiger charge is 2.27. The molecular weight excluding hydrogens is 290 g/mol. The molecule has 1 aromatic rings. The van der Waals surface area contributed by atoms with Gasteiger partial charge in [-0.3, -0.25) is 4.79 Å². The second-order valence-corrected chi connectivity index (χ2v) is 5.99. The van der Waals surface area contributed by atoms with E-state index in [1.165, 1.54) is 7.11 Å². The number of rotatable bonds is 5. The standard InChI is InChI=1S/C16H22ClNO3/c1-11(16(19)21-3)8-12-6-7-18(10-12)13-4-5-15(20-2)14(17)9-13/h4-5,9,11-12H,6-8,10H2,1-3H3. The molecular formula is C16H22ClNO3. The molecule has 0 saturated carbocycles. The summed E-state index contributed by atoms with van der Waals surface area (Å²) < 4.78 is 9.96. The normalized spacial score (nSPS) is 19.4. The molecule has 116 valence electrons. The second-order valence-electron chi connectivity index (χ2n) is 5.58. The van der Waals surface area contributed by atoms with E-state index < -0.39 is 0 Å². The fourth-order valence-electron chi connectivity index (χ4n) is 2.91. The lowest BCUT2D eigenvalue weighted by Crippen LogP contribution is -2.22. The molecule has 1 fully saturated rings. The van der Waals surface area contributed by atoms with E-state index in [-0.39, 0.29) is 11.9 Å². The van der Waals surface area contributed by atoms with Crippen LogP contribution in [-0.2, 0) is 9.53 Å². The Balaban J connectivity index is 1.96. The van der Waals surface area contributed by atoms with Crippen molar-refractivity contribution in [3.05, 3.63) is 23.2 Å². The molecule has 0 aliphatic carbocycles. The van der Waals surface area contributed by atoms with Crippen LogP contribution in [0.1, 0.15) is 19.8 Å². The van der Waals surface area contributed by atoms with E-state index in [9.17, 15) is 4.79 Å². The zero-order valence-corrected chi connectivity index (χ0v) is 13.5. The van der Waals surface area contributed by atoms with E-state index in [4.69, 9.17) is 21.1 Å². The molecule has 1 aliphatic rings. The molecule has 0 bridgehead atoms. The molecule has 4 nitrogen and oxygen atoms in total. The largest absolute Gasteiger partial charge is 0.495 e. The summed E-state index contributed by atoms with van der Waals surface area (Å²) in [5, 5.41) is 0.626. The fraction of sp³-hybridized carbons (Fsp3) is 0.562. The number of carbonyl (C=O) groups excluding carboxylic acids is 1. The van der Waals surface area contributed by atoms with Gasteiger partial charge in [0, 0.05) is 18.8 Å². The van der Waals surface area contributed by atoms with Crippen molar-refractivity contribution < 1.29 is 14.3 Å². The van der Waals surface area contributed by atoms with E-state index >= 15 is 0 Å². The molecule has 0 spiro atoms. The summed E-state index contributed by atoms with van der Waals surface area (Å²) in [4.78, 5) is 13.8. The van der Waals surface area contributed by atoms with E-state index in [0.29, 0.717) is 16.7 Å². The number of benzene rings is 1. The van der Waals surface area contributed by atoms with Gasteiger partial charge in [-0.15, -0.1) is 0 Å². The van der Waals surface area contributed by atoms with Crippen LogP contribution < -0.4 is 9.64 Å². The van der Waals surface area contributed by atoms with Crippen LogP contribution in [0.25, 0.3) is 0 Å². The first kappa shape index (κ1) is 16.0. The topological polar surface area (TPSA) is 38.8 Å². The van der Waals surface area contributed by atoms with E-state index in [0.717, 1.165) is 31.6 Å². The van der Waals surface area contributed by atoms with Crippen LogP contribution in [0, 0.1) is 11.8 Å². The zero-order chi connectivity index (χ0) is 15.4. The minimum absolute atomic E-state index is 0.0422. The SMILES string of the molecule is COC(=O)C(C)CC1CCN(c2ccc(OC)c(Cl)c2)C1. The molecule has 0 aromatic heterocycles. The van der Waals surface area contributed by atoms with Crippen molar-refractivity contribution in [1.29, 1.82) is 0 Å². The molecule has 0 amide bonds. The lowest BCUT2D eigenvalue weighted by Gasteiger charge is -2.20. The van der Waals surface area contributed by atoms with Crippen LogP contribution in [0.15, 0.2) is 18.2 Å². The smallest absolute Gasteiger partial charge is 0.308 e. The van der Waals surface area contributed by atoms with Gasteiger partial charge >= 0.3 is 5.97 Å². The van der Waals surface area contributed by atoms with E-state index in [1.54, 1.807) is 7.11 Å². The monoisotopic (exact) mass is 311 g/mol. The molecule has 1 aromatic carbocycles. The zero-order valence-electron chi connectivity index (χ0n) is 12.8. The summed E-state index contributed by atoms with van der Waals surface area (Å²) >= 11 is 6.18. The Bertz CT molecular complexity index is 506. The minimum atomic E-state index is -0.124. The van der Waals surface area contributed by atoms with Crippen LogP contribution >= 0.6 is 11.6 Å². The molecule has 1 saturated heterocycles. The van der Waals surface area contributed by atoms with Crippen molar-refractivity contribution in [3.63, 3.8) is 0 Å². The molecule has 1 aliphatic heterocycles. The van der Waals surface area contributed by atoms with Crippen LogP contribution in [0.3, 0.4) is 0 Å². The highest BCUT2D eigenvalue weighted by atomic mass is 35.5. The molecule has 2 rings (SSSR count). The Labute approximate surface area is 131 Å². The third kappa shape index (κ3) is 3.82. The van der Waals surface area contributed by atoms with Crippen molar-refractivity contribution in [2.45, 2.75) is 19.8 Å². The Morgan fingerprint density at radius 1 is 1.48 bits per heavy atom. The summed E-state index contributed by atoms with van der Waals surface area (Å²) in [6.07, 6.45) is 1.96. The maximum atomic E-state index is 11.5. The van der Waals surface area contributed by atoms with Crippen molar-refractivity contribution in [2.75, 3.05) is 32.2 Å². The first-order chi connectivity index (χ1) is 10.0. The lowest BCUT2D eigenvalue weighted by molar-refractivity contribution is -0.145. The van der Waals surface area contributed by atoms with Gasteiger partial charge in [-0.25, -0.2) is 0 Å². The third-order valence-electron chi connectivity index (χ3n) is 4.08. The Morgan fingerprint density at radius 2 is 2.24 bits per heavy atom. The molecule has 2 unspecified atom stereocenters. The molecule has 1 heterocycles. The third-order valence-corrected chi connectivity index (χ3v) is 4.37. The van der Waals surface area contributed by atoms with Crippen molar-refractivity contribution >= 4 is 23.3 Å². The van der Waals surface area contributed by atoms with Gasteiger partial charge in [0.1, 0.15) is 5.75 Å². The summed E-state index contributed by atoms with van der Waals surface area (Å²) in [6, 6.07) is 5.85. The van der Waals surface area contributed by atoms with E-state index in [1.807, 2.05) is 25.1 Å². The molecule has 0 radical (unpaired) electrons. The van der Waals surface area contributed by atoms with Crippen molar-refractivity contribution in [2.24, 2.45) is 11.8 Å². The lowest BCUT2D eigenvalue weighted by atomic mass is 9.95. The predicted molar refractivity (Wildman–Crippen MR) is 84.1 cm³/mol. The van der Waals surface area contributed by atoms with Gasteiger partial charge in [0.25, 0.3) is 0 Å². The Morgan fingerprint density at radius 3 is 2.86 bits per heavy atom. The number of halogens is 1. The van der Waals surface area contributed by atoms with Gasteiger partial charge in [0.05, 0.1) is 25.2 Å². The highest BCUT2D eigenvalue weighted by molar-refractivity contribution is 6.32.